The molecule has 0 spiro atoms. The van der Waals surface area contributed by atoms with Crippen LogP contribution in [0.5, 0.6) is 0 Å². The van der Waals surface area contributed by atoms with Crippen LogP contribution in [0.1, 0.15) is 30.5 Å². The highest BCUT2D eigenvalue weighted by Crippen LogP contribution is 2.48. The molecule has 0 heterocycles. The normalized spacial score (nSPS) is 12.6. The Morgan fingerprint density at radius 1 is 0.800 bits per heavy atom. The molecule has 0 unspecified atom stereocenters. The SMILES string of the molecule is CCN(CC)[C@@H](CSC(c1ccccc1)(c1ccccc1)c1ccccc1)C(=O)O. The summed E-state index contributed by atoms with van der Waals surface area (Å²) in [6.45, 7) is 5.46. The number of carboxylic acid groups (broad SMARTS) is 1. The molecule has 0 aromatic heterocycles. The number of thioether (sulfide) groups is 1. The number of carboxylic acids is 1. The molecule has 1 N–H and O–H groups in total. The quantitative estimate of drug-likeness (QED) is 0.440. The number of hydrogen-bond donors (Lipinski definition) is 1. The molecule has 0 bridgehead atoms. The summed E-state index contributed by atoms with van der Waals surface area (Å²) in [4.78, 5) is 14.1. The van der Waals surface area contributed by atoms with Gasteiger partial charge in [0.25, 0.3) is 0 Å². The van der Waals surface area contributed by atoms with E-state index in [1.165, 1.54) is 0 Å². The molecule has 3 rings (SSSR count). The molecule has 3 aromatic rings. The first-order valence-electron chi connectivity index (χ1n) is 10.4. The number of nitrogens with zero attached hydrogens (tertiary/aromatic N) is 1. The van der Waals surface area contributed by atoms with Gasteiger partial charge in [0.1, 0.15) is 6.04 Å². The van der Waals surface area contributed by atoms with Crippen molar-refractivity contribution in [3.8, 4) is 0 Å². The van der Waals surface area contributed by atoms with Gasteiger partial charge in [0.15, 0.2) is 0 Å². The fraction of sp³-hybridized carbons (Fsp3) is 0.269. The highest BCUT2D eigenvalue weighted by Gasteiger charge is 2.38. The molecule has 0 amide bonds. The second kappa shape index (κ2) is 10.5. The first-order valence-corrected chi connectivity index (χ1v) is 11.4. The Balaban J connectivity index is 2.15. The van der Waals surface area contributed by atoms with Gasteiger partial charge >= 0.3 is 5.97 Å². The lowest BCUT2D eigenvalue weighted by molar-refractivity contribution is -0.142. The van der Waals surface area contributed by atoms with Gasteiger partial charge in [-0.1, -0.05) is 105 Å². The molecular weight excluding hydrogens is 390 g/mol. The fourth-order valence-electron chi connectivity index (χ4n) is 3.97. The van der Waals surface area contributed by atoms with E-state index in [4.69, 9.17) is 0 Å². The Labute approximate surface area is 183 Å². The molecule has 30 heavy (non-hydrogen) atoms. The average Bonchev–Trinajstić information content (AvgIpc) is 2.81. The Bertz CT molecular complexity index is 815. The minimum Gasteiger partial charge on any atom is -0.480 e. The lowest BCUT2D eigenvalue weighted by atomic mass is 9.84. The first kappa shape index (κ1) is 22.1. The van der Waals surface area contributed by atoms with E-state index in [1.54, 1.807) is 11.8 Å². The van der Waals surface area contributed by atoms with Crippen molar-refractivity contribution in [2.24, 2.45) is 0 Å². The van der Waals surface area contributed by atoms with E-state index in [1.807, 2.05) is 36.9 Å². The molecule has 0 fully saturated rings. The molecule has 3 nitrogen and oxygen atoms in total. The molecule has 0 aliphatic carbocycles. The molecule has 0 radical (unpaired) electrons. The van der Waals surface area contributed by atoms with Crippen molar-refractivity contribution < 1.29 is 9.90 Å². The Hall–Kier alpha value is -2.56. The number of benzene rings is 3. The van der Waals surface area contributed by atoms with Gasteiger partial charge in [0.05, 0.1) is 4.75 Å². The van der Waals surface area contributed by atoms with Gasteiger partial charge in [-0.05, 0) is 29.8 Å². The van der Waals surface area contributed by atoms with E-state index < -0.39 is 16.8 Å². The van der Waals surface area contributed by atoms with Crippen molar-refractivity contribution in [1.82, 2.24) is 4.90 Å². The maximum Gasteiger partial charge on any atom is 0.321 e. The highest BCUT2D eigenvalue weighted by atomic mass is 32.2. The maximum atomic E-state index is 12.1. The molecular formula is C26H29NO2S. The van der Waals surface area contributed by atoms with Crippen molar-refractivity contribution in [3.05, 3.63) is 108 Å². The molecule has 0 aliphatic rings. The van der Waals surface area contributed by atoms with Crippen molar-refractivity contribution >= 4 is 17.7 Å². The van der Waals surface area contributed by atoms with Crippen molar-refractivity contribution in [3.63, 3.8) is 0 Å². The zero-order chi connectivity index (χ0) is 21.4. The average molecular weight is 420 g/mol. The van der Waals surface area contributed by atoms with Crippen molar-refractivity contribution in [1.29, 1.82) is 0 Å². The summed E-state index contributed by atoms with van der Waals surface area (Å²) in [6, 6.07) is 30.7. The van der Waals surface area contributed by atoms with E-state index in [0.29, 0.717) is 18.8 Å². The van der Waals surface area contributed by atoms with Gasteiger partial charge in [0, 0.05) is 5.75 Å². The first-order chi connectivity index (χ1) is 14.6. The van der Waals surface area contributed by atoms with Crippen LogP contribution in [-0.2, 0) is 9.54 Å². The maximum absolute atomic E-state index is 12.1. The summed E-state index contributed by atoms with van der Waals surface area (Å²) >= 11 is 1.70. The van der Waals surface area contributed by atoms with Gasteiger partial charge in [-0.25, -0.2) is 0 Å². The van der Waals surface area contributed by atoms with Crippen LogP contribution < -0.4 is 0 Å². The van der Waals surface area contributed by atoms with Crippen LogP contribution in [0, 0.1) is 0 Å². The molecule has 156 valence electrons. The molecule has 0 aliphatic heterocycles. The third-order valence-corrected chi connectivity index (χ3v) is 7.16. The number of hydrogen-bond acceptors (Lipinski definition) is 3. The second-order valence-electron chi connectivity index (χ2n) is 7.17. The summed E-state index contributed by atoms with van der Waals surface area (Å²) in [5.41, 5.74) is 3.45. The summed E-state index contributed by atoms with van der Waals surface area (Å²) in [5, 5.41) is 9.96. The smallest absolute Gasteiger partial charge is 0.321 e. The predicted octanol–water partition coefficient (Wildman–Crippen LogP) is 5.51. The van der Waals surface area contributed by atoms with Crippen molar-refractivity contribution in [2.75, 3.05) is 18.8 Å². The van der Waals surface area contributed by atoms with Crippen LogP contribution in [0.15, 0.2) is 91.0 Å². The van der Waals surface area contributed by atoms with Gasteiger partial charge in [-0.15, -0.1) is 11.8 Å². The minimum absolute atomic E-state index is 0.482. The predicted molar refractivity (Wildman–Crippen MR) is 126 cm³/mol. The molecule has 0 saturated heterocycles. The summed E-state index contributed by atoms with van der Waals surface area (Å²) < 4.78 is -0.495. The van der Waals surface area contributed by atoms with Crippen LogP contribution in [0.25, 0.3) is 0 Å². The van der Waals surface area contributed by atoms with E-state index >= 15 is 0 Å². The molecule has 1 atom stereocenters. The standard InChI is InChI=1S/C26H29NO2S/c1-3-27(4-2)24(25(28)29)20-30-26(21-14-8-5-9-15-21,22-16-10-6-11-17-22)23-18-12-7-13-19-23/h5-19,24H,3-4,20H2,1-2H3,(H,28,29)/t24-/m0/s1. The van der Waals surface area contributed by atoms with Crippen LogP contribution in [0.2, 0.25) is 0 Å². The third kappa shape index (κ3) is 4.61. The lowest BCUT2D eigenvalue weighted by Gasteiger charge is -2.37. The minimum atomic E-state index is -0.769. The van der Waals surface area contributed by atoms with Crippen LogP contribution in [0.4, 0.5) is 0 Å². The monoisotopic (exact) mass is 419 g/mol. The van der Waals surface area contributed by atoms with E-state index in [0.717, 1.165) is 16.7 Å². The van der Waals surface area contributed by atoms with Crippen LogP contribution in [0.3, 0.4) is 0 Å². The number of likely N-dealkylation sites (N-methyl/N-ethyl adjacent to an activating group) is 1. The van der Waals surface area contributed by atoms with E-state index in [9.17, 15) is 9.90 Å². The Morgan fingerprint density at radius 2 is 1.17 bits per heavy atom. The van der Waals surface area contributed by atoms with E-state index in [2.05, 4.69) is 72.8 Å². The van der Waals surface area contributed by atoms with Gasteiger partial charge in [-0.2, -0.15) is 0 Å². The highest BCUT2D eigenvalue weighted by molar-refractivity contribution is 8.00. The Kier molecular flexibility index (Phi) is 7.72. The largest absolute Gasteiger partial charge is 0.480 e. The third-order valence-electron chi connectivity index (χ3n) is 5.54. The van der Waals surface area contributed by atoms with Crippen LogP contribution in [-0.4, -0.2) is 40.9 Å². The van der Waals surface area contributed by atoms with Gasteiger partial charge in [-0.3, -0.25) is 9.69 Å². The second-order valence-corrected chi connectivity index (χ2v) is 8.40. The van der Waals surface area contributed by atoms with E-state index in [-0.39, 0.29) is 0 Å². The topological polar surface area (TPSA) is 40.5 Å². The lowest BCUT2D eigenvalue weighted by Crippen LogP contribution is -2.44. The zero-order valence-electron chi connectivity index (χ0n) is 17.6. The molecule has 0 saturated carbocycles. The van der Waals surface area contributed by atoms with Gasteiger partial charge < -0.3 is 5.11 Å². The Morgan fingerprint density at radius 3 is 1.47 bits per heavy atom. The fourth-order valence-corrected chi connectivity index (χ4v) is 5.64. The van der Waals surface area contributed by atoms with Crippen LogP contribution >= 0.6 is 11.8 Å². The molecule has 4 heteroatoms. The van der Waals surface area contributed by atoms with Crippen molar-refractivity contribution in [2.45, 2.75) is 24.6 Å². The number of carbonyl (C=O) groups is 1. The number of aliphatic carboxylic acids is 1. The summed E-state index contributed by atoms with van der Waals surface area (Å²) in [5.74, 6) is -0.287. The molecule has 3 aromatic carbocycles. The summed E-state index contributed by atoms with van der Waals surface area (Å²) in [7, 11) is 0. The number of rotatable bonds is 10. The summed E-state index contributed by atoms with van der Waals surface area (Å²) in [6.07, 6.45) is 0. The zero-order valence-corrected chi connectivity index (χ0v) is 18.4. The van der Waals surface area contributed by atoms with Gasteiger partial charge in [0.2, 0.25) is 0 Å².